The molecular weight excluding hydrogens is 171 g/mol. The van der Waals surface area contributed by atoms with E-state index in [-0.39, 0.29) is 0 Å². The molecule has 2 heteroatoms. The normalized spacial score (nSPS) is 8.40. The summed E-state index contributed by atoms with van der Waals surface area (Å²) in [6.07, 6.45) is 0. The van der Waals surface area contributed by atoms with Crippen LogP contribution < -0.4 is 0 Å². The van der Waals surface area contributed by atoms with Crippen molar-refractivity contribution >= 4 is 22.5 Å². The Bertz CT molecular complexity index is 14.4. The topological polar surface area (TPSA) is 9.23 Å². The Hall–Kier alpha value is 0.759. The number of rotatable bonds is 2. The SMILES string of the molecule is CCO[CH2][SnH]. The predicted octanol–water partition coefficient (Wildman–Crippen LogP) is -0.119. The summed E-state index contributed by atoms with van der Waals surface area (Å²) < 4.78 is 5.86. The molecule has 0 atom stereocenters. The van der Waals surface area contributed by atoms with Crippen molar-refractivity contribution in [2.75, 3.05) is 11.2 Å². The molecule has 5 heavy (non-hydrogen) atoms. The van der Waals surface area contributed by atoms with Crippen LogP contribution in [0, 0.1) is 0 Å². The fraction of sp³-hybridized carbons (Fsp3) is 1.00. The van der Waals surface area contributed by atoms with Gasteiger partial charge >= 0.3 is 45.4 Å². The van der Waals surface area contributed by atoms with E-state index in [0.717, 1.165) is 11.2 Å². The number of hydrogen-bond donors (Lipinski definition) is 0. The average Bonchev–Trinajstić information content (AvgIpc) is 1.41. The first-order valence-corrected chi connectivity index (χ1v) is 4.02. The van der Waals surface area contributed by atoms with Gasteiger partial charge in [0.25, 0.3) is 0 Å². The van der Waals surface area contributed by atoms with Crippen molar-refractivity contribution in [3.8, 4) is 0 Å². The van der Waals surface area contributed by atoms with Gasteiger partial charge in [-0.05, 0) is 0 Å². The van der Waals surface area contributed by atoms with Crippen LogP contribution in [-0.2, 0) is 4.74 Å². The molecule has 0 fully saturated rings. The van der Waals surface area contributed by atoms with Gasteiger partial charge in [0.1, 0.15) is 0 Å². The number of hydrogen-bond acceptors (Lipinski definition) is 1. The first-order valence-electron chi connectivity index (χ1n) is 1.69. The quantitative estimate of drug-likeness (QED) is 0.536. The van der Waals surface area contributed by atoms with Crippen LogP contribution in [0.2, 0.25) is 0 Å². The monoisotopic (exact) mass is 180 g/mol. The van der Waals surface area contributed by atoms with E-state index in [1.165, 1.54) is 22.5 Å². The molecule has 2 radical (unpaired) electrons. The van der Waals surface area contributed by atoms with Gasteiger partial charge in [-0.15, -0.1) is 0 Å². The first kappa shape index (κ1) is 5.76. The van der Waals surface area contributed by atoms with Crippen LogP contribution in [0.4, 0.5) is 0 Å². The van der Waals surface area contributed by atoms with Gasteiger partial charge in [0, 0.05) is 0 Å². The van der Waals surface area contributed by atoms with E-state index in [0.29, 0.717) is 0 Å². The summed E-state index contributed by atoms with van der Waals surface area (Å²) in [5.41, 5.74) is 0. The van der Waals surface area contributed by atoms with Crippen molar-refractivity contribution in [3.63, 3.8) is 0 Å². The van der Waals surface area contributed by atoms with E-state index in [9.17, 15) is 0 Å². The molecule has 0 rings (SSSR count). The summed E-state index contributed by atoms with van der Waals surface area (Å²) in [6.45, 7) is 2.89. The van der Waals surface area contributed by atoms with Gasteiger partial charge in [0.2, 0.25) is 0 Å². The molecule has 0 aromatic rings. The molecule has 0 saturated carbocycles. The molecule has 1 nitrogen and oxygen atoms in total. The van der Waals surface area contributed by atoms with Crippen LogP contribution in [-0.4, -0.2) is 33.8 Å². The standard InChI is InChI=1S/C3H7O.Sn.H/c1-3-4-2;;/h2-3H2,1H3;;. The molecule has 0 aromatic carbocycles. The van der Waals surface area contributed by atoms with E-state index in [1.54, 1.807) is 0 Å². The van der Waals surface area contributed by atoms with Crippen LogP contribution >= 0.6 is 0 Å². The molecule has 0 heterocycles. The molecule has 0 N–H and O–H groups in total. The molecule has 0 aliphatic rings. The van der Waals surface area contributed by atoms with Gasteiger partial charge in [0.15, 0.2) is 0 Å². The molecule has 0 bridgehead atoms. The van der Waals surface area contributed by atoms with Gasteiger partial charge in [0.05, 0.1) is 0 Å². The Morgan fingerprint density at radius 3 is 2.40 bits per heavy atom. The third-order valence-corrected chi connectivity index (χ3v) is 0.995. The molecule has 0 unspecified atom stereocenters. The maximum absolute atomic E-state index is 4.89. The molecule has 0 aliphatic heterocycles. The summed E-state index contributed by atoms with van der Waals surface area (Å²) in [5.74, 6) is 0. The maximum atomic E-state index is 4.89. The second-order valence-electron chi connectivity index (χ2n) is 0.659. The van der Waals surface area contributed by atoms with E-state index in [1.807, 2.05) is 6.92 Å². The van der Waals surface area contributed by atoms with E-state index in [4.69, 9.17) is 4.74 Å². The van der Waals surface area contributed by atoms with Crippen molar-refractivity contribution in [2.45, 2.75) is 6.92 Å². The van der Waals surface area contributed by atoms with Gasteiger partial charge < -0.3 is 0 Å². The van der Waals surface area contributed by atoms with Crippen LogP contribution in [0.15, 0.2) is 0 Å². The minimum absolute atomic E-state index is 0.876. The zero-order valence-electron chi connectivity index (χ0n) is 3.40. The van der Waals surface area contributed by atoms with Crippen molar-refractivity contribution in [3.05, 3.63) is 0 Å². The molecule has 0 aliphatic carbocycles. The molecular formula is C3H8OSn. The van der Waals surface area contributed by atoms with Crippen LogP contribution in [0.25, 0.3) is 0 Å². The summed E-state index contributed by atoms with van der Waals surface area (Å²) in [6, 6.07) is 0. The van der Waals surface area contributed by atoms with Gasteiger partial charge in [-0.3, -0.25) is 0 Å². The Kier molecular flexibility index (Phi) is 5.48. The zero-order valence-corrected chi connectivity index (χ0v) is 6.70. The van der Waals surface area contributed by atoms with Crippen LogP contribution in [0.5, 0.6) is 0 Å². The second-order valence-corrected chi connectivity index (χ2v) is 1.61. The number of ether oxygens (including phenoxy) is 1. The van der Waals surface area contributed by atoms with Gasteiger partial charge in [-0.25, -0.2) is 0 Å². The van der Waals surface area contributed by atoms with Gasteiger partial charge in [-0.2, -0.15) is 0 Å². The second kappa shape index (κ2) is 4.76. The Labute approximate surface area is 45.8 Å². The van der Waals surface area contributed by atoms with E-state index >= 15 is 0 Å². The third kappa shape index (κ3) is 4.76. The fourth-order valence-electron chi connectivity index (χ4n) is 0.118. The third-order valence-electron chi connectivity index (χ3n) is 0.322. The summed E-state index contributed by atoms with van der Waals surface area (Å²) >= 11 is 1.23. The van der Waals surface area contributed by atoms with Crippen molar-refractivity contribution in [1.82, 2.24) is 0 Å². The predicted molar refractivity (Wildman–Crippen MR) is 23.6 cm³/mol. The summed E-state index contributed by atoms with van der Waals surface area (Å²) in [5, 5.41) is 0. The molecule has 0 saturated heterocycles. The van der Waals surface area contributed by atoms with Crippen molar-refractivity contribution in [1.29, 1.82) is 0 Å². The fourth-order valence-corrected chi connectivity index (χ4v) is 0.791. The molecule has 0 spiro atoms. The summed E-state index contributed by atoms with van der Waals surface area (Å²) in [4.78, 5) is 0. The molecule has 0 amide bonds. The van der Waals surface area contributed by atoms with Crippen molar-refractivity contribution < 1.29 is 4.74 Å². The Morgan fingerprint density at radius 1 is 1.80 bits per heavy atom. The Balaban J connectivity index is 2.19. The van der Waals surface area contributed by atoms with Crippen LogP contribution in [0.3, 0.4) is 0 Å². The van der Waals surface area contributed by atoms with Crippen LogP contribution in [0.1, 0.15) is 6.92 Å². The Morgan fingerprint density at radius 2 is 2.40 bits per heavy atom. The zero-order chi connectivity index (χ0) is 4.12. The molecule has 30 valence electrons. The van der Waals surface area contributed by atoms with E-state index in [2.05, 4.69) is 0 Å². The average molecular weight is 179 g/mol. The van der Waals surface area contributed by atoms with Gasteiger partial charge in [-0.1, -0.05) is 0 Å². The summed E-state index contributed by atoms with van der Waals surface area (Å²) in [7, 11) is 0. The first-order chi connectivity index (χ1) is 2.41. The van der Waals surface area contributed by atoms with E-state index < -0.39 is 0 Å². The molecule has 0 aromatic heterocycles. The van der Waals surface area contributed by atoms with Crippen molar-refractivity contribution in [2.24, 2.45) is 0 Å². The minimum atomic E-state index is 0.876.